The summed E-state index contributed by atoms with van der Waals surface area (Å²) in [6, 6.07) is 8.22. The lowest BCUT2D eigenvalue weighted by Crippen LogP contribution is -2.33. The maximum absolute atomic E-state index is 13.0. The lowest BCUT2D eigenvalue weighted by Gasteiger charge is -2.33. The van der Waals surface area contributed by atoms with Crippen LogP contribution in [-0.2, 0) is 4.74 Å². The van der Waals surface area contributed by atoms with Crippen LogP contribution in [-0.4, -0.2) is 41.3 Å². The van der Waals surface area contributed by atoms with Crippen LogP contribution in [0.2, 0.25) is 0 Å². The molecule has 6 rings (SSSR count). The third kappa shape index (κ3) is 3.23. The maximum atomic E-state index is 13.0. The molecule has 158 valence electrons. The largest absolute Gasteiger partial charge is 0.381 e. The minimum Gasteiger partial charge on any atom is -0.381 e. The Morgan fingerprint density at radius 1 is 1.19 bits per heavy atom. The minimum atomic E-state index is -0.114. The van der Waals surface area contributed by atoms with Crippen molar-refractivity contribution in [3.8, 4) is 11.5 Å². The second kappa shape index (κ2) is 7.14. The van der Waals surface area contributed by atoms with E-state index in [0.717, 1.165) is 66.0 Å². The number of aromatic nitrogens is 3. The zero-order valence-corrected chi connectivity index (χ0v) is 18.3. The number of pyridine rings is 1. The molecule has 2 fully saturated rings. The molecule has 5 heterocycles. The summed E-state index contributed by atoms with van der Waals surface area (Å²) in [6.07, 6.45) is 5.29. The van der Waals surface area contributed by atoms with Crippen LogP contribution in [0.15, 0.2) is 40.6 Å². The van der Waals surface area contributed by atoms with Gasteiger partial charge in [0, 0.05) is 38.2 Å². The number of hydrogen-bond donors (Lipinski definition) is 1. The van der Waals surface area contributed by atoms with E-state index >= 15 is 0 Å². The van der Waals surface area contributed by atoms with Crippen molar-refractivity contribution in [2.45, 2.75) is 26.2 Å². The molecule has 0 atom stereocenters. The van der Waals surface area contributed by atoms with E-state index in [0.29, 0.717) is 22.3 Å². The summed E-state index contributed by atoms with van der Waals surface area (Å²) in [6.45, 7) is 5.83. The Labute approximate surface area is 183 Å². The van der Waals surface area contributed by atoms with Crippen molar-refractivity contribution in [1.29, 1.82) is 0 Å². The highest BCUT2D eigenvalue weighted by molar-refractivity contribution is 7.17. The Balaban J connectivity index is 1.39. The molecule has 2 saturated heterocycles. The first-order valence-electron chi connectivity index (χ1n) is 10.8. The number of H-pyrrole nitrogens is 1. The van der Waals surface area contributed by atoms with Crippen LogP contribution in [0.5, 0.6) is 0 Å². The molecule has 0 saturated carbocycles. The molecule has 0 bridgehead atoms. The van der Waals surface area contributed by atoms with Crippen molar-refractivity contribution in [3.05, 3.63) is 51.8 Å². The van der Waals surface area contributed by atoms with Gasteiger partial charge in [-0.2, -0.15) is 0 Å². The molecule has 31 heavy (non-hydrogen) atoms. The second-order valence-corrected chi connectivity index (χ2v) is 9.83. The summed E-state index contributed by atoms with van der Waals surface area (Å²) < 4.78 is 6.71. The molecule has 2 aliphatic heterocycles. The van der Waals surface area contributed by atoms with Crippen molar-refractivity contribution < 1.29 is 4.74 Å². The van der Waals surface area contributed by atoms with Gasteiger partial charge in [0.15, 0.2) is 5.82 Å². The number of hydrogen-bond acceptors (Lipinski definition) is 6. The zero-order chi connectivity index (χ0) is 21.0. The molecule has 1 aromatic carbocycles. The highest BCUT2D eigenvalue weighted by Crippen LogP contribution is 2.41. The van der Waals surface area contributed by atoms with Gasteiger partial charge in [-0.25, -0.2) is 4.98 Å². The summed E-state index contributed by atoms with van der Waals surface area (Å²) >= 11 is 1.65. The first-order chi connectivity index (χ1) is 15.1. The van der Waals surface area contributed by atoms with Crippen LogP contribution in [0.25, 0.3) is 32.5 Å². The Morgan fingerprint density at radius 3 is 2.94 bits per heavy atom. The Kier molecular flexibility index (Phi) is 4.36. The Hall–Kier alpha value is -2.77. The normalized spacial score (nSPS) is 18.4. The van der Waals surface area contributed by atoms with E-state index in [2.05, 4.69) is 27.0 Å². The summed E-state index contributed by atoms with van der Waals surface area (Å²) in [5.41, 5.74) is 3.82. The van der Waals surface area contributed by atoms with Crippen molar-refractivity contribution in [2.24, 2.45) is 5.41 Å². The quantitative estimate of drug-likeness (QED) is 0.504. The minimum absolute atomic E-state index is 0.114. The van der Waals surface area contributed by atoms with Crippen LogP contribution in [0.4, 0.5) is 5.69 Å². The average molecular weight is 433 g/mol. The molecular weight excluding hydrogens is 408 g/mol. The van der Waals surface area contributed by atoms with E-state index in [4.69, 9.17) is 9.72 Å². The number of aromatic amines is 1. The van der Waals surface area contributed by atoms with Crippen LogP contribution in [0, 0.1) is 12.3 Å². The van der Waals surface area contributed by atoms with Crippen LogP contribution in [0.1, 0.15) is 24.8 Å². The van der Waals surface area contributed by atoms with Gasteiger partial charge >= 0.3 is 0 Å². The molecule has 0 unspecified atom stereocenters. The molecule has 7 heteroatoms. The molecule has 1 N–H and O–H groups in total. The highest BCUT2D eigenvalue weighted by atomic mass is 32.1. The second-order valence-electron chi connectivity index (χ2n) is 8.89. The van der Waals surface area contributed by atoms with Gasteiger partial charge in [0.2, 0.25) is 0 Å². The molecule has 4 aromatic rings. The first kappa shape index (κ1) is 19.0. The smallest absolute Gasteiger partial charge is 0.259 e. The first-order valence-corrected chi connectivity index (χ1v) is 11.7. The SMILES string of the molecule is Cc1cc(N2CCC3(CCOCC3)C2)cc2c(=O)[nH]c(-c3cc4ccsc4cn3)nc12. The molecule has 6 nitrogen and oxygen atoms in total. The highest BCUT2D eigenvalue weighted by Gasteiger charge is 2.39. The van der Waals surface area contributed by atoms with Gasteiger partial charge in [-0.1, -0.05) is 0 Å². The number of nitrogens with zero attached hydrogens (tertiary/aromatic N) is 3. The number of thiophene rings is 1. The predicted molar refractivity (Wildman–Crippen MR) is 125 cm³/mol. The lowest BCUT2D eigenvalue weighted by molar-refractivity contribution is 0.0254. The number of rotatable bonds is 2. The van der Waals surface area contributed by atoms with Crippen molar-refractivity contribution in [3.63, 3.8) is 0 Å². The summed E-state index contributed by atoms with van der Waals surface area (Å²) in [7, 11) is 0. The van der Waals surface area contributed by atoms with Crippen molar-refractivity contribution in [1.82, 2.24) is 15.0 Å². The van der Waals surface area contributed by atoms with Gasteiger partial charge in [-0.15, -0.1) is 11.3 Å². The summed E-state index contributed by atoms with van der Waals surface area (Å²) in [5, 5.41) is 3.80. The summed E-state index contributed by atoms with van der Waals surface area (Å²) in [5.74, 6) is 0.517. The molecule has 0 radical (unpaired) electrons. The number of benzene rings is 1. The number of ether oxygens (including phenoxy) is 1. The lowest BCUT2D eigenvalue weighted by atomic mass is 9.80. The molecule has 1 spiro atoms. The van der Waals surface area contributed by atoms with Crippen LogP contribution < -0.4 is 10.5 Å². The fraction of sp³-hybridized carbons (Fsp3) is 0.375. The standard InChI is InChI=1S/C24H24N4O2S/c1-15-10-17(28-6-3-24(14-28)4-7-30-8-5-24)12-18-21(15)26-22(27-23(18)29)19-11-16-2-9-31-20(16)13-25-19/h2,9-13H,3-8,14H2,1H3,(H,26,27,29). The van der Waals surface area contributed by atoms with Gasteiger partial charge in [0.05, 0.1) is 15.6 Å². The van der Waals surface area contributed by atoms with E-state index < -0.39 is 0 Å². The third-order valence-electron chi connectivity index (χ3n) is 6.93. The third-order valence-corrected chi connectivity index (χ3v) is 7.79. The van der Waals surface area contributed by atoms with E-state index in [9.17, 15) is 4.79 Å². The van der Waals surface area contributed by atoms with E-state index in [1.807, 2.05) is 30.6 Å². The Bertz CT molecular complexity index is 1350. The van der Waals surface area contributed by atoms with Crippen LogP contribution in [0.3, 0.4) is 0 Å². The average Bonchev–Trinajstić information content (AvgIpc) is 3.41. The van der Waals surface area contributed by atoms with E-state index in [-0.39, 0.29) is 5.56 Å². The van der Waals surface area contributed by atoms with E-state index in [1.54, 1.807) is 11.3 Å². The van der Waals surface area contributed by atoms with Gasteiger partial charge in [-0.3, -0.25) is 9.78 Å². The van der Waals surface area contributed by atoms with Gasteiger partial charge in [-0.05, 0) is 72.2 Å². The number of nitrogens with one attached hydrogen (secondary N) is 1. The number of fused-ring (bicyclic) bond motifs is 2. The molecule has 0 amide bonds. The van der Waals surface area contributed by atoms with Crippen molar-refractivity contribution >= 4 is 38.0 Å². The molecule has 2 aliphatic rings. The summed E-state index contributed by atoms with van der Waals surface area (Å²) in [4.78, 5) is 27.8. The fourth-order valence-corrected chi connectivity index (χ4v) is 5.80. The predicted octanol–water partition coefficient (Wildman–Crippen LogP) is 4.52. The fourth-order valence-electron chi connectivity index (χ4n) is 5.07. The van der Waals surface area contributed by atoms with Gasteiger partial charge in [0.25, 0.3) is 5.56 Å². The van der Waals surface area contributed by atoms with Crippen LogP contribution >= 0.6 is 11.3 Å². The Morgan fingerprint density at radius 2 is 2.06 bits per heavy atom. The topological polar surface area (TPSA) is 71.1 Å². The van der Waals surface area contributed by atoms with Gasteiger partial charge < -0.3 is 14.6 Å². The van der Waals surface area contributed by atoms with Crippen molar-refractivity contribution in [2.75, 3.05) is 31.2 Å². The molecule has 0 aliphatic carbocycles. The molecule has 3 aromatic heterocycles. The number of anilines is 1. The maximum Gasteiger partial charge on any atom is 0.259 e. The van der Waals surface area contributed by atoms with E-state index in [1.165, 1.54) is 6.42 Å². The number of aryl methyl sites for hydroxylation is 1. The monoisotopic (exact) mass is 432 g/mol. The van der Waals surface area contributed by atoms with Gasteiger partial charge in [0.1, 0.15) is 5.69 Å². The zero-order valence-electron chi connectivity index (χ0n) is 17.5. The molecular formula is C24H24N4O2S.